The van der Waals surface area contributed by atoms with Gasteiger partial charge >= 0.3 is 0 Å². The number of benzene rings is 1. The van der Waals surface area contributed by atoms with E-state index in [1.165, 1.54) is 17.0 Å². The first-order valence-corrected chi connectivity index (χ1v) is 9.20. The van der Waals surface area contributed by atoms with Gasteiger partial charge in [0.25, 0.3) is 5.56 Å². The molecule has 4 rings (SSSR count). The van der Waals surface area contributed by atoms with E-state index in [1.807, 2.05) is 12.1 Å². The zero-order valence-electron chi connectivity index (χ0n) is 16.2. The molecule has 1 atom stereocenters. The van der Waals surface area contributed by atoms with Crippen molar-refractivity contribution in [2.24, 2.45) is 4.99 Å². The number of nitrogens with one attached hydrogen (secondary N) is 3. The highest BCUT2D eigenvalue weighted by Crippen LogP contribution is 2.31. The van der Waals surface area contributed by atoms with Gasteiger partial charge in [0, 0.05) is 31.6 Å². The maximum atomic E-state index is 12.2. The summed E-state index contributed by atoms with van der Waals surface area (Å²) in [4.78, 5) is 32.1. The van der Waals surface area contributed by atoms with Crippen LogP contribution in [-0.2, 0) is 9.63 Å². The summed E-state index contributed by atoms with van der Waals surface area (Å²) in [6.45, 7) is 0.595. The number of hydrogen-bond acceptors (Lipinski definition) is 9. The molecule has 0 spiro atoms. The molecule has 0 saturated heterocycles. The van der Waals surface area contributed by atoms with Gasteiger partial charge in [-0.2, -0.15) is 0 Å². The van der Waals surface area contributed by atoms with Gasteiger partial charge < -0.3 is 20.3 Å². The van der Waals surface area contributed by atoms with Crippen LogP contribution in [0.2, 0.25) is 0 Å². The summed E-state index contributed by atoms with van der Waals surface area (Å²) >= 11 is 0. The first kappa shape index (κ1) is 19.5. The number of carbonyl (C=O) groups excluding carboxylic acids is 1. The monoisotopic (exact) mass is 411 g/mol. The Kier molecular flexibility index (Phi) is 5.63. The maximum Gasteiger partial charge on any atom is 0.255 e. The average molecular weight is 411 g/mol. The number of ether oxygens (including phenoxy) is 1. The standard InChI is InChI=1S/C19H21N7O4/c1-24-18(21-13-30-24)11-29-17-8-15(25-7-3-2-4-19(25)28)5-6-16(17)26-10-14(22-23-26)9-20-12-27/h2-8,10,12-13,18,22-23H,9,11H2,1H3,(H,20,27). The number of likely N-dealkylation sites (N-methyl/N-ethyl adjacent to an activating group) is 1. The van der Waals surface area contributed by atoms with Crippen molar-refractivity contribution in [3.63, 3.8) is 0 Å². The normalized spacial score (nSPS) is 18.0. The third kappa shape index (κ3) is 4.11. The molecule has 1 aromatic heterocycles. The number of nitrogens with zero attached hydrogens (tertiary/aromatic N) is 4. The molecular weight excluding hydrogens is 390 g/mol. The summed E-state index contributed by atoms with van der Waals surface area (Å²) in [6, 6.07) is 10.4. The smallest absolute Gasteiger partial charge is 0.255 e. The van der Waals surface area contributed by atoms with Gasteiger partial charge in [-0.1, -0.05) is 6.07 Å². The lowest BCUT2D eigenvalue weighted by molar-refractivity contribution is -0.109. The summed E-state index contributed by atoms with van der Waals surface area (Å²) < 4.78 is 7.59. The van der Waals surface area contributed by atoms with Crippen LogP contribution in [-0.4, -0.2) is 48.8 Å². The van der Waals surface area contributed by atoms with Gasteiger partial charge in [0.15, 0.2) is 12.6 Å². The minimum Gasteiger partial charge on any atom is -0.487 e. The summed E-state index contributed by atoms with van der Waals surface area (Å²) in [7, 11) is 1.77. The van der Waals surface area contributed by atoms with Crippen molar-refractivity contribution in [1.82, 2.24) is 25.9 Å². The molecule has 11 nitrogen and oxygen atoms in total. The number of aliphatic imine (C=N–C) groups is 1. The van der Waals surface area contributed by atoms with E-state index < -0.39 is 0 Å². The predicted octanol–water partition coefficient (Wildman–Crippen LogP) is -0.136. The van der Waals surface area contributed by atoms with Crippen molar-refractivity contribution in [2.45, 2.75) is 6.17 Å². The van der Waals surface area contributed by atoms with Crippen LogP contribution in [0.15, 0.2) is 64.3 Å². The number of rotatable bonds is 8. The molecule has 0 aliphatic carbocycles. The van der Waals surface area contributed by atoms with Gasteiger partial charge in [-0.05, 0) is 18.2 Å². The quantitative estimate of drug-likeness (QED) is 0.515. The van der Waals surface area contributed by atoms with Crippen molar-refractivity contribution in [1.29, 1.82) is 0 Å². The Hall–Kier alpha value is -3.83. The average Bonchev–Trinajstić information content (AvgIpc) is 3.40. The zero-order chi connectivity index (χ0) is 20.9. The molecule has 0 bridgehead atoms. The van der Waals surface area contributed by atoms with Crippen molar-refractivity contribution >= 4 is 18.5 Å². The van der Waals surface area contributed by atoms with Gasteiger partial charge in [-0.25, -0.2) is 4.99 Å². The second-order valence-electron chi connectivity index (χ2n) is 6.52. The zero-order valence-corrected chi connectivity index (χ0v) is 16.2. The fraction of sp³-hybridized carbons (Fsp3) is 0.211. The molecule has 2 aliphatic heterocycles. The maximum absolute atomic E-state index is 12.2. The molecule has 1 aromatic carbocycles. The van der Waals surface area contributed by atoms with E-state index in [0.29, 0.717) is 30.1 Å². The number of carbonyl (C=O) groups is 1. The minimum absolute atomic E-state index is 0.146. The van der Waals surface area contributed by atoms with E-state index in [-0.39, 0.29) is 18.3 Å². The molecule has 30 heavy (non-hydrogen) atoms. The van der Waals surface area contributed by atoms with Gasteiger partial charge in [0.1, 0.15) is 18.0 Å². The Morgan fingerprint density at radius 2 is 2.23 bits per heavy atom. The Morgan fingerprint density at radius 3 is 3.00 bits per heavy atom. The lowest BCUT2D eigenvalue weighted by atomic mass is 10.2. The van der Waals surface area contributed by atoms with Crippen LogP contribution in [0.5, 0.6) is 5.75 Å². The Bertz CT molecular complexity index is 1040. The van der Waals surface area contributed by atoms with Crippen LogP contribution in [0.3, 0.4) is 0 Å². The lowest BCUT2D eigenvalue weighted by Crippen LogP contribution is -2.38. The molecule has 0 radical (unpaired) electrons. The molecule has 0 saturated carbocycles. The molecule has 3 N–H and O–H groups in total. The van der Waals surface area contributed by atoms with Crippen molar-refractivity contribution < 1.29 is 14.4 Å². The Balaban J connectivity index is 1.64. The highest BCUT2D eigenvalue weighted by molar-refractivity contribution is 5.64. The number of aromatic nitrogens is 1. The third-order valence-electron chi connectivity index (χ3n) is 4.56. The topological polar surface area (TPSA) is 112 Å². The van der Waals surface area contributed by atoms with Crippen LogP contribution in [0.25, 0.3) is 5.69 Å². The molecule has 2 aromatic rings. The lowest BCUT2D eigenvalue weighted by Gasteiger charge is -2.22. The number of anilines is 1. The first-order valence-electron chi connectivity index (χ1n) is 9.20. The molecule has 1 amide bonds. The fourth-order valence-electron chi connectivity index (χ4n) is 2.98. The second-order valence-corrected chi connectivity index (χ2v) is 6.52. The van der Waals surface area contributed by atoms with Crippen molar-refractivity contribution in [3.8, 4) is 11.4 Å². The fourth-order valence-corrected chi connectivity index (χ4v) is 2.98. The molecular formula is C19H21N7O4. The predicted molar refractivity (Wildman–Crippen MR) is 110 cm³/mol. The highest BCUT2D eigenvalue weighted by atomic mass is 16.7. The van der Waals surface area contributed by atoms with E-state index in [1.54, 1.807) is 47.7 Å². The summed E-state index contributed by atoms with van der Waals surface area (Å²) in [6.07, 6.45) is 5.22. The van der Waals surface area contributed by atoms with E-state index in [2.05, 4.69) is 21.3 Å². The Morgan fingerprint density at radius 1 is 1.33 bits per heavy atom. The van der Waals surface area contributed by atoms with Gasteiger partial charge in [-0.15, -0.1) is 10.6 Å². The van der Waals surface area contributed by atoms with Gasteiger partial charge in [0.05, 0.1) is 17.9 Å². The van der Waals surface area contributed by atoms with E-state index >= 15 is 0 Å². The third-order valence-corrected chi connectivity index (χ3v) is 4.56. The summed E-state index contributed by atoms with van der Waals surface area (Å²) in [5.41, 5.74) is 7.98. The molecule has 0 fully saturated rings. The molecule has 2 aliphatic rings. The van der Waals surface area contributed by atoms with Crippen LogP contribution >= 0.6 is 0 Å². The van der Waals surface area contributed by atoms with Crippen LogP contribution in [0, 0.1) is 0 Å². The summed E-state index contributed by atoms with van der Waals surface area (Å²) in [5.74, 6) is 0.536. The first-order chi connectivity index (χ1) is 14.7. The molecule has 3 heterocycles. The summed E-state index contributed by atoms with van der Waals surface area (Å²) in [5, 5.41) is 5.91. The number of amides is 1. The van der Waals surface area contributed by atoms with E-state index in [0.717, 1.165) is 5.70 Å². The van der Waals surface area contributed by atoms with Gasteiger partial charge in [-0.3, -0.25) is 19.2 Å². The number of hydrogen-bond donors (Lipinski definition) is 3. The number of hydroxylamine groups is 2. The molecule has 1 unspecified atom stereocenters. The minimum atomic E-state index is -0.284. The van der Waals surface area contributed by atoms with Gasteiger partial charge in [0.2, 0.25) is 6.41 Å². The molecule has 11 heteroatoms. The highest BCUT2D eigenvalue weighted by Gasteiger charge is 2.22. The SMILES string of the molecule is CN1OC=NC1COc1cc(-n2ccccc2=O)ccc1N1C=C(CNC=O)NN1. The van der Waals surface area contributed by atoms with Crippen molar-refractivity contribution in [3.05, 3.63) is 64.8 Å². The Labute approximate surface area is 172 Å². The molecule has 156 valence electrons. The van der Waals surface area contributed by atoms with Crippen LogP contribution in [0.4, 0.5) is 5.69 Å². The van der Waals surface area contributed by atoms with Crippen molar-refractivity contribution in [2.75, 3.05) is 25.2 Å². The van der Waals surface area contributed by atoms with Crippen LogP contribution < -0.4 is 31.6 Å². The van der Waals surface area contributed by atoms with E-state index in [4.69, 9.17) is 9.57 Å². The second kappa shape index (κ2) is 8.68. The number of hydrazine groups is 2. The van der Waals surface area contributed by atoms with E-state index in [9.17, 15) is 9.59 Å². The van der Waals surface area contributed by atoms with Crippen LogP contribution in [0.1, 0.15) is 0 Å². The number of pyridine rings is 1. The largest absolute Gasteiger partial charge is 0.487 e.